The van der Waals surface area contributed by atoms with Crippen molar-refractivity contribution in [1.82, 2.24) is 9.44 Å². The van der Waals surface area contributed by atoms with Crippen LogP contribution in [0.4, 0.5) is 0 Å². The molecule has 0 spiro atoms. The van der Waals surface area contributed by atoms with Crippen LogP contribution >= 0.6 is 0 Å². The third-order valence-corrected chi connectivity index (χ3v) is 3.87. The van der Waals surface area contributed by atoms with Gasteiger partial charge in [0, 0.05) is 20.0 Å². The minimum absolute atomic E-state index is 0.127. The molecule has 1 atom stereocenters. The Morgan fingerprint density at radius 1 is 1.29 bits per heavy atom. The molecule has 6 nitrogen and oxygen atoms in total. The average molecular weight is 266 g/mol. The fraction of sp³-hybridized carbons (Fsp3) is 0.900. The van der Waals surface area contributed by atoms with Crippen LogP contribution in [0.15, 0.2) is 0 Å². The molecule has 0 aromatic heterocycles. The maximum Gasteiger partial charge on any atom is 0.303 e. The number of hydrogen-bond acceptors (Lipinski definition) is 3. The lowest BCUT2D eigenvalue weighted by molar-refractivity contribution is -0.137. The average Bonchev–Trinajstić information content (AvgIpc) is 2.22. The first-order valence-corrected chi connectivity index (χ1v) is 7.16. The SMILES string of the molecule is CNS(=O)(=O)NCCC(CCC(=O)O)C(C)C. The van der Waals surface area contributed by atoms with Crippen LogP contribution in [0.3, 0.4) is 0 Å². The Morgan fingerprint density at radius 3 is 2.29 bits per heavy atom. The zero-order valence-corrected chi connectivity index (χ0v) is 11.4. The summed E-state index contributed by atoms with van der Waals surface area (Å²) >= 11 is 0. The lowest BCUT2D eigenvalue weighted by atomic mass is 9.88. The Labute approximate surface area is 103 Å². The lowest BCUT2D eigenvalue weighted by Gasteiger charge is -2.20. The molecule has 0 heterocycles. The predicted molar refractivity (Wildman–Crippen MR) is 65.8 cm³/mol. The summed E-state index contributed by atoms with van der Waals surface area (Å²) in [6.45, 7) is 4.35. The van der Waals surface area contributed by atoms with Gasteiger partial charge in [0.2, 0.25) is 0 Å². The first-order valence-electron chi connectivity index (χ1n) is 5.68. The Balaban J connectivity index is 4.06. The molecular formula is C10H22N2O4S. The van der Waals surface area contributed by atoms with Gasteiger partial charge in [0.15, 0.2) is 0 Å². The van der Waals surface area contributed by atoms with E-state index >= 15 is 0 Å². The van der Waals surface area contributed by atoms with Crippen molar-refractivity contribution >= 4 is 16.2 Å². The number of hydrogen-bond donors (Lipinski definition) is 3. The molecule has 0 aromatic carbocycles. The van der Waals surface area contributed by atoms with Crippen LogP contribution in [-0.2, 0) is 15.0 Å². The number of carboxylic acids is 1. The van der Waals surface area contributed by atoms with E-state index in [1.165, 1.54) is 7.05 Å². The van der Waals surface area contributed by atoms with Crippen molar-refractivity contribution in [3.63, 3.8) is 0 Å². The molecule has 3 N–H and O–H groups in total. The van der Waals surface area contributed by atoms with Gasteiger partial charge in [0.1, 0.15) is 0 Å². The van der Waals surface area contributed by atoms with Crippen molar-refractivity contribution in [2.75, 3.05) is 13.6 Å². The summed E-state index contributed by atoms with van der Waals surface area (Å²) in [5.74, 6) is -0.259. The van der Waals surface area contributed by atoms with Gasteiger partial charge in [-0.15, -0.1) is 0 Å². The fourth-order valence-electron chi connectivity index (χ4n) is 1.57. The highest BCUT2D eigenvalue weighted by molar-refractivity contribution is 7.87. The number of carbonyl (C=O) groups is 1. The van der Waals surface area contributed by atoms with Gasteiger partial charge in [0.05, 0.1) is 0 Å². The summed E-state index contributed by atoms with van der Waals surface area (Å²) in [7, 11) is -2.05. The van der Waals surface area contributed by atoms with Crippen LogP contribution in [0.25, 0.3) is 0 Å². The highest BCUT2D eigenvalue weighted by atomic mass is 32.2. The first-order chi connectivity index (χ1) is 7.78. The monoisotopic (exact) mass is 266 g/mol. The number of rotatable bonds is 9. The van der Waals surface area contributed by atoms with E-state index in [4.69, 9.17) is 5.11 Å². The number of carboxylic acid groups (broad SMARTS) is 1. The third-order valence-electron chi connectivity index (χ3n) is 2.75. The van der Waals surface area contributed by atoms with Gasteiger partial charge < -0.3 is 5.11 Å². The molecule has 0 fully saturated rings. The van der Waals surface area contributed by atoms with Crippen molar-refractivity contribution in [2.24, 2.45) is 11.8 Å². The topological polar surface area (TPSA) is 95.5 Å². The Kier molecular flexibility index (Phi) is 7.33. The molecule has 0 rings (SSSR count). The molecule has 17 heavy (non-hydrogen) atoms. The van der Waals surface area contributed by atoms with E-state index in [1.807, 2.05) is 13.8 Å². The summed E-state index contributed by atoms with van der Waals surface area (Å²) in [6, 6.07) is 0. The standard InChI is InChI=1S/C10H22N2O4S/c1-8(2)9(4-5-10(13)14)6-7-12-17(15,16)11-3/h8-9,11-12H,4-7H2,1-3H3,(H,13,14). The number of nitrogens with one attached hydrogen (secondary N) is 2. The predicted octanol–water partition coefficient (Wildman–Crippen LogP) is 0.567. The molecule has 0 aromatic rings. The lowest BCUT2D eigenvalue weighted by Crippen LogP contribution is -2.35. The summed E-state index contributed by atoms with van der Waals surface area (Å²) < 4.78 is 26.8. The maximum atomic E-state index is 11.1. The summed E-state index contributed by atoms with van der Waals surface area (Å²) in [4.78, 5) is 10.5. The minimum Gasteiger partial charge on any atom is -0.481 e. The van der Waals surface area contributed by atoms with Gasteiger partial charge in [-0.05, 0) is 24.7 Å². The molecule has 0 aliphatic rings. The van der Waals surface area contributed by atoms with Gasteiger partial charge >= 0.3 is 5.97 Å². The van der Waals surface area contributed by atoms with Crippen LogP contribution in [0, 0.1) is 11.8 Å². The fourth-order valence-corrected chi connectivity index (χ4v) is 2.10. The Hall–Kier alpha value is -0.660. The van der Waals surface area contributed by atoms with Crippen molar-refractivity contribution in [3.05, 3.63) is 0 Å². The van der Waals surface area contributed by atoms with E-state index in [-0.39, 0.29) is 12.3 Å². The van der Waals surface area contributed by atoms with Gasteiger partial charge in [-0.3, -0.25) is 4.79 Å². The molecule has 102 valence electrons. The second kappa shape index (κ2) is 7.62. The Bertz CT molecular complexity index is 327. The molecule has 0 amide bonds. The van der Waals surface area contributed by atoms with Crippen LogP contribution < -0.4 is 9.44 Å². The first kappa shape index (κ1) is 16.3. The van der Waals surface area contributed by atoms with Crippen LogP contribution in [0.2, 0.25) is 0 Å². The third kappa shape index (κ3) is 8.12. The van der Waals surface area contributed by atoms with Crippen molar-refractivity contribution in [2.45, 2.75) is 33.1 Å². The van der Waals surface area contributed by atoms with E-state index in [0.29, 0.717) is 25.3 Å². The minimum atomic E-state index is -3.39. The highest BCUT2D eigenvalue weighted by Gasteiger charge is 2.15. The molecule has 1 unspecified atom stereocenters. The van der Waals surface area contributed by atoms with Gasteiger partial charge in [0.25, 0.3) is 10.2 Å². The second-order valence-corrected chi connectivity index (χ2v) is 6.03. The normalized spacial score (nSPS) is 13.9. The highest BCUT2D eigenvalue weighted by Crippen LogP contribution is 2.20. The molecular weight excluding hydrogens is 244 g/mol. The molecule has 0 saturated carbocycles. The van der Waals surface area contributed by atoms with Crippen molar-refractivity contribution < 1.29 is 18.3 Å². The molecule has 0 saturated heterocycles. The van der Waals surface area contributed by atoms with Crippen LogP contribution in [0.1, 0.15) is 33.1 Å². The van der Waals surface area contributed by atoms with Crippen LogP contribution in [-0.4, -0.2) is 33.1 Å². The molecule has 0 radical (unpaired) electrons. The molecule has 0 aliphatic carbocycles. The maximum absolute atomic E-state index is 11.1. The van der Waals surface area contributed by atoms with Crippen LogP contribution in [0.5, 0.6) is 0 Å². The molecule has 7 heteroatoms. The van der Waals surface area contributed by atoms with Gasteiger partial charge in [-0.1, -0.05) is 13.8 Å². The smallest absolute Gasteiger partial charge is 0.303 e. The van der Waals surface area contributed by atoms with E-state index in [1.54, 1.807) is 0 Å². The largest absolute Gasteiger partial charge is 0.481 e. The van der Waals surface area contributed by atoms with Gasteiger partial charge in [-0.25, -0.2) is 9.44 Å². The molecule has 0 aliphatic heterocycles. The summed E-state index contributed by atoms with van der Waals surface area (Å²) in [6.07, 6.45) is 1.35. The van der Waals surface area contributed by atoms with E-state index in [2.05, 4.69) is 9.44 Å². The second-order valence-electron chi connectivity index (χ2n) is 4.33. The van der Waals surface area contributed by atoms with Crippen molar-refractivity contribution in [1.29, 1.82) is 0 Å². The van der Waals surface area contributed by atoms with E-state index < -0.39 is 16.2 Å². The summed E-state index contributed by atoms with van der Waals surface area (Å²) in [5.41, 5.74) is 0. The Morgan fingerprint density at radius 2 is 1.88 bits per heavy atom. The zero-order chi connectivity index (χ0) is 13.5. The van der Waals surface area contributed by atoms with Crippen molar-refractivity contribution in [3.8, 4) is 0 Å². The van der Waals surface area contributed by atoms with E-state index in [0.717, 1.165) is 0 Å². The molecule has 0 bridgehead atoms. The van der Waals surface area contributed by atoms with Gasteiger partial charge in [-0.2, -0.15) is 8.42 Å². The number of aliphatic carboxylic acids is 1. The summed E-state index contributed by atoms with van der Waals surface area (Å²) in [5, 5.41) is 8.62. The zero-order valence-electron chi connectivity index (χ0n) is 10.6. The van der Waals surface area contributed by atoms with E-state index in [9.17, 15) is 13.2 Å². The quantitative estimate of drug-likeness (QED) is 0.568.